The molecule has 138 valence electrons. The van der Waals surface area contributed by atoms with Gasteiger partial charge in [0.25, 0.3) is 0 Å². The Hall–Kier alpha value is -2.61. The second-order valence-corrected chi connectivity index (χ2v) is 6.09. The van der Waals surface area contributed by atoms with Gasteiger partial charge < -0.3 is 14.6 Å². The quantitative estimate of drug-likeness (QED) is 0.668. The molecule has 0 aliphatic rings. The van der Waals surface area contributed by atoms with Crippen molar-refractivity contribution in [3.8, 4) is 11.5 Å². The highest BCUT2D eigenvalue weighted by Gasteiger charge is 2.36. The van der Waals surface area contributed by atoms with Crippen molar-refractivity contribution in [1.29, 1.82) is 0 Å². The molecule has 0 unspecified atom stereocenters. The highest BCUT2D eigenvalue weighted by atomic mass is 19.4. The summed E-state index contributed by atoms with van der Waals surface area (Å²) in [5.41, 5.74) is -0.417. The van der Waals surface area contributed by atoms with Gasteiger partial charge in [0.05, 0.1) is 11.1 Å². The van der Waals surface area contributed by atoms with Gasteiger partial charge in [0.2, 0.25) is 5.89 Å². The first-order valence-electron chi connectivity index (χ1n) is 7.91. The number of alkyl halides is 3. The van der Waals surface area contributed by atoms with Crippen molar-refractivity contribution < 1.29 is 22.0 Å². The first-order chi connectivity index (χ1) is 12.3. The minimum Gasteiger partial charge on any atom is -0.436 e. The van der Waals surface area contributed by atoms with Crippen molar-refractivity contribution in [2.75, 3.05) is 32.5 Å². The maximum atomic E-state index is 14.1. The molecule has 0 bridgehead atoms. The van der Waals surface area contributed by atoms with E-state index < -0.39 is 29.0 Å². The molecule has 26 heavy (non-hydrogen) atoms. The second-order valence-electron chi connectivity index (χ2n) is 6.09. The Morgan fingerprint density at radius 2 is 1.92 bits per heavy atom. The van der Waals surface area contributed by atoms with Crippen LogP contribution in [0, 0.1) is 5.82 Å². The average molecular weight is 367 g/mol. The Kier molecular flexibility index (Phi) is 4.86. The molecule has 0 aliphatic heterocycles. The van der Waals surface area contributed by atoms with Crippen LogP contribution in [-0.2, 0) is 6.18 Å². The number of halogens is 4. The molecule has 0 saturated carbocycles. The van der Waals surface area contributed by atoms with E-state index in [0.29, 0.717) is 12.1 Å². The molecule has 4 nitrogen and oxygen atoms in total. The fraction of sp³-hybridized carbons (Fsp3) is 0.278. The smallest absolute Gasteiger partial charge is 0.417 e. The summed E-state index contributed by atoms with van der Waals surface area (Å²) in [7, 11) is 3.89. The van der Waals surface area contributed by atoms with Crippen molar-refractivity contribution in [3.63, 3.8) is 0 Å². The first kappa shape index (κ1) is 18.2. The van der Waals surface area contributed by atoms with Crippen LogP contribution in [0.4, 0.5) is 23.2 Å². The van der Waals surface area contributed by atoms with Gasteiger partial charge in [-0.05, 0) is 38.4 Å². The van der Waals surface area contributed by atoms with Crippen molar-refractivity contribution in [2.45, 2.75) is 6.18 Å². The second kappa shape index (κ2) is 6.95. The lowest BCUT2D eigenvalue weighted by Gasteiger charge is -2.11. The number of nitrogens with zero attached hydrogens (tertiary/aromatic N) is 2. The van der Waals surface area contributed by atoms with Gasteiger partial charge in [-0.3, -0.25) is 0 Å². The van der Waals surface area contributed by atoms with E-state index in [2.05, 4.69) is 10.3 Å². The Balaban J connectivity index is 1.98. The average Bonchev–Trinajstić information content (AvgIpc) is 2.96. The zero-order valence-corrected chi connectivity index (χ0v) is 14.2. The third-order valence-corrected chi connectivity index (χ3v) is 3.81. The third-order valence-electron chi connectivity index (χ3n) is 3.81. The number of anilines is 1. The van der Waals surface area contributed by atoms with Crippen LogP contribution in [0.1, 0.15) is 5.56 Å². The standard InChI is InChI=1S/C18H17F4N3O/c1-25(2)9-8-23-11-6-7-14-15(10-11)26-17(24-14)16-12(18(20,21)22)4-3-5-13(16)19/h3-7,10,23H,8-9H2,1-2H3. The lowest BCUT2D eigenvalue weighted by molar-refractivity contribution is -0.137. The van der Waals surface area contributed by atoms with Crippen LogP contribution in [0.5, 0.6) is 0 Å². The molecule has 3 rings (SSSR count). The van der Waals surface area contributed by atoms with E-state index in [0.717, 1.165) is 30.4 Å². The van der Waals surface area contributed by atoms with Crippen LogP contribution in [0.2, 0.25) is 0 Å². The predicted molar refractivity (Wildman–Crippen MR) is 91.4 cm³/mol. The summed E-state index contributed by atoms with van der Waals surface area (Å²) in [4.78, 5) is 6.03. The summed E-state index contributed by atoms with van der Waals surface area (Å²) >= 11 is 0. The molecule has 0 saturated heterocycles. The highest BCUT2D eigenvalue weighted by molar-refractivity contribution is 5.80. The van der Waals surface area contributed by atoms with Gasteiger partial charge in [-0.2, -0.15) is 13.2 Å². The van der Waals surface area contributed by atoms with E-state index in [4.69, 9.17) is 4.42 Å². The molecular formula is C18H17F4N3O. The number of likely N-dealkylation sites (N-methyl/N-ethyl adjacent to an activating group) is 1. The molecule has 0 aliphatic carbocycles. The Labute approximate surface area is 147 Å². The Morgan fingerprint density at radius 1 is 1.15 bits per heavy atom. The summed E-state index contributed by atoms with van der Waals surface area (Å²) in [6, 6.07) is 7.77. The van der Waals surface area contributed by atoms with Gasteiger partial charge in [-0.25, -0.2) is 9.37 Å². The lowest BCUT2D eigenvalue weighted by Crippen LogP contribution is -2.20. The van der Waals surface area contributed by atoms with Crippen LogP contribution in [0.3, 0.4) is 0 Å². The van der Waals surface area contributed by atoms with Gasteiger partial charge in [-0.1, -0.05) is 6.07 Å². The molecule has 0 radical (unpaired) electrons. The molecule has 0 amide bonds. The van der Waals surface area contributed by atoms with Crippen LogP contribution >= 0.6 is 0 Å². The SMILES string of the molecule is CN(C)CCNc1ccc2nc(-c3c(F)cccc3C(F)(F)F)oc2c1. The third kappa shape index (κ3) is 3.80. The molecule has 8 heteroatoms. The van der Waals surface area contributed by atoms with Crippen molar-refractivity contribution in [3.05, 3.63) is 47.8 Å². The molecular weight excluding hydrogens is 350 g/mol. The fourth-order valence-corrected chi connectivity index (χ4v) is 2.54. The number of hydrogen-bond donors (Lipinski definition) is 1. The largest absolute Gasteiger partial charge is 0.436 e. The van der Waals surface area contributed by atoms with Crippen LogP contribution in [0.15, 0.2) is 40.8 Å². The normalized spacial score (nSPS) is 12.1. The Bertz CT molecular complexity index is 918. The highest BCUT2D eigenvalue weighted by Crippen LogP contribution is 2.39. The minimum atomic E-state index is -4.71. The van der Waals surface area contributed by atoms with E-state index >= 15 is 0 Å². The van der Waals surface area contributed by atoms with Crippen LogP contribution in [0.25, 0.3) is 22.6 Å². The molecule has 3 aromatic rings. The number of aromatic nitrogens is 1. The maximum Gasteiger partial charge on any atom is 0.417 e. The number of oxazole rings is 1. The van der Waals surface area contributed by atoms with Crippen molar-refractivity contribution in [2.24, 2.45) is 0 Å². The Morgan fingerprint density at radius 3 is 2.62 bits per heavy atom. The zero-order chi connectivity index (χ0) is 18.9. The van der Waals surface area contributed by atoms with E-state index in [1.807, 2.05) is 19.0 Å². The lowest BCUT2D eigenvalue weighted by atomic mass is 10.1. The summed E-state index contributed by atoms with van der Waals surface area (Å²) in [5.74, 6) is -1.42. The van der Waals surface area contributed by atoms with E-state index in [1.165, 1.54) is 0 Å². The van der Waals surface area contributed by atoms with E-state index in [9.17, 15) is 17.6 Å². The van der Waals surface area contributed by atoms with Gasteiger partial charge in [-0.15, -0.1) is 0 Å². The van der Waals surface area contributed by atoms with Crippen LogP contribution < -0.4 is 5.32 Å². The van der Waals surface area contributed by atoms with Gasteiger partial charge in [0.15, 0.2) is 5.58 Å². The van der Waals surface area contributed by atoms with Gasteiger partial charge in [0.1, 0.15) is 11.3 Å². The monoisotopic (exact) mass is 367 g/mol. The summed E-state index contributed by atoms with van der Waals surface area (Å²) < 4.78 is 59.1. The first-order valence-corrected chi connectivity index (χ1v) is 7.91. The van der Waals surface area contributed by atoms with Crippen molar-refractivity contribution >= 4 is 16.8 Å². The van der Waals surface area contributed by atoms with Gasteiger partial charge in [0, 0.05) is 24.8 Å². The predicted octanol–water partition coefficient (Wildman–Crippen LogP) is 4.63. The number of nitrogens with one attached hydrogen (secondary N) is 1. The molecule has 0 spiro atoms. The number of hydrogen-bond acceptors (Lipinski definition) is 4. The van der Waals surface area contributed by atoms with Crippen molar-refractivity contribution in [1.82, 2.24) is 9.88 Å². The minimum absolute atomic E-state index is 0.284. The number of benzene rings is 2. The molecule has 1 aromatic heterocycles. The molecule has 0 fully saturated rings. The van der Waals surface area contributed by atoms with Crippen LogP contribution in [-0.4, -0.2) is 37.1 Å². The number of rotatable bonds is 5. The molecule has 0 atom stereocenters. The molecule has 1 N–H and O–H groups in total. The zero-order valence-electron chi connectivity index (χ0n) is 14.2. The summed E-state index contributed by atoms with van der Waals surface area (Å²) in [5, 5.41) is 3.18. The van der Waals surface area contributed by atoms with Gasteiger partial charge >= 0.3 is 6.18 Å². The van der Waals surface area contributed by atoms with E-state index in [-0.39, 0.29) is 5.58 Å². The fourth-order valence-electron chi connectivity index (χ4n) is 2.54. The van der Waals surface area contributed by atoms with E-state index in [1.54, 1.807) is 18.2 Å². The maximum absolute atomic E-state index is 14.1. The summed E-state index contributed by atoms with van der Waals surface area (Å²) in [6.07, 6.45) is -4.71. The molecule has 1 heterocycles. The molecule has 2 aromatic carbocycles. The topological polar surface area (TPSA) is 41.3 Å². The summed E-state index contributed by atoms with van der Waals surface area (Å²) in [6.45, 7) is 1.49. The number of fused-ring (bicyclic) bond motifs is 1.